The molecule has 0 aromatic heterocycles. The van der Waals surface area contributed by atoms with Crippen molar-refractivity contribution in [2.75, 3.05) is 0 Å². The molecule has 1 aliphatic rings. The van der Waals surface area contributed by atoms with Crippen LogP contribution in [0.25, 0.3) is 0 Å². The van der Waals surface area contributed by atoms with Crippen LogP contribution >= 0.6 is 0 Å². The first-order valence-corrected chi connectivity index (χ1v) is 8.04. The fraction of sp³-hybridized carbons (Fsp3) is 0.450. The molecule has 0 radical (unpaired) electrons. The number of carbonyl (C=O) groups excluding carboxylic acids is 1. The van der Waals surface area contributed by atoms with Gasteiger partial charge in [-0.25, -0.2) is 0 Å². The number of alkyl halides is 3. The van der Waals surface area contributed by atoms with E-state index in [0.29, 0.717) is 24.7 Å². The van der Waals surface area contributed by atoms with Gasteiger partial charge in [0.1, 0.15) is 6.29 Å². The first-order valence-electron chi connectivity index (χ1n) is 8.04. The Morgan fingerprint density at radius 3 is 2.33 bits per heavy atom. The lowest BCUT2D eigenvalue weighted by Crippen LogP contribution is -2.38. The molecule has 0 N–H and O–H groups in total. The molecule has 0 saturated carbocycles. The molecule has 1 nitrogen and oxygen atoms in total. The number of rotatable bonds is 5. The van der Waals surface area contributed by atoms with Crippen LogP contribution in [0.2, 0.25) is 0 Å². The second-order valence-electron chi connectivity index (χ2n) is 6.53. The van der Waals surface area contributed by atoms with E-state index in [1.54, 1.807) is 38.2 Å². The van der Waals surface area contributed by atoms with Crippen molar-refractivity contribution in [1.29, 1.82) is 0 Å². The third-order valence-electron chi connectivity index (χ3n) is 4.47. The van der Waals surface area contributed by atoms with Crippen LogP contribution < -0.4 is 0 Å². The molecule has 1 aliphatic carbocycles. The van der Waals surface area contributed by atoms with Gasteiger partial charge in [-0.15, -0.1) is 0 Å². The third kappa shape index (κ3) is 5.08. The van der Waals surface area contributed by atoms with Crippen LogP contribution in [-0.4, -0.2) is 12.5 Å². The summed E-state index contributed by atoms with van der Waals surface area (Å²) in [5.41, 5.74) is 1.08. The van der Waals surface area contributed by atoms with E-state index in [2.05, 4.69) is 0 Å². The average Bonchev–Trinajstić information content (AvgIpc) is 2.46. The number of carbonyl (C=O) groups is 1. The van der Waals surface area contributed by atoms with E-state index < -0.39 is 11.6 Å². The number of hydrogen-bond acceptors (Lipinski definition) is 1. The average molecular weight is 338 g/mol. The summed E-state index contributed by atoms with van der Waals surface area (Å²) in [6, 6.07) is 0. The van der Waals surface area contributed by atoms with Gasteiger partial charge in [-0.05, 0) is 64.2 Å². The summed E-state index contributed by atoms with van der Waals surface area (Å²) in [5.74, 6) is 0. The summed E-state index contributed by atoms with van der Waals surface area (Å²) < 4.78 is 40.5. The lowest BCUT2D eigenvalue weighted by atomic mass is 9.70. The van der Waals surface area contributed by atoms with Gasteiger partial charge in [-0.1, -0.05) is 41.5 Å². The van der Waals surface area contributed by atoms with Crippen molar-refractivity contribution in [2.24, 2.45) is 5.41 Å². The molecule has 4 heteroatoms. The highest BCUT2D eigenvalue weighted by atomic mass is 19.4. The Morgan fingerprint density at radius 2 is 1.75 bits per heavy atom. The minimum Gasteiger partial charge on any atom is -0.299 e. The maximum atomic E-state index is 13.5. The molecule has 1 rings (SSSR count). The Morgan fingerprint density at radius 1 is 1.12 bits per heavy atom. The Kier molecular flexibility index (Phi) is 7.00. The largest absolute Gasteiger partial charge is 0.398 e. The molecular weight excluding hydrogens is 313 g/mol. The van der Waals surface area contributed by atoms with Gasteiger partial charge in [0.05, 0.1) is 5.41 Å². The topological polar surface area (TPSA) is 17.1 Å². The van der Waals surface area contributed by atoms with Gasteiger partial charge in [0.15, 0.2) is 0 Å². The van der Waals surface area contributed by atoms with Crippen LogP contribution in [0.1, 0.15) is 47.0 Å². The minimum atomic E-state index is -4.25. The van der Waals surface area contributed by atoms with E-state index in [1.165, 1.54) is 13.0 Å². The van der Waals surface area contributed by atoms with Crippen molar-refractivity contribution >= 4 is 6.29 Å². The summed E-state index contributed by atoms with van der Waals surface area (Å²) in [5, 5.41) is 0. The molecule has 0 fully saturated rings. The highest BCUT2D eigenvalue weighted by Crippen LogP contribution is 2.52. The standard InChI is InChI=1S/C20H25F3O/c1-15(7-5-8-16(2)12-14-24)10-11-18-17(3)9-6-13-19(18,4)20(21,22)23/h5,7-8,10-12,14H,6,9,13H2,1-4H3. The van der Waals surface area contributed by atoms with Crippen LogP contribution in [0.3, 0.4) is 0 Å². The maximum Gasteiger partial charge on any atom is 0.398 e. The molecule has 132 valence electrons. The lowest BCUT2D eigenvalue weighted by molar-refractivity contribution is -0.206. The maximum absolute atomic E-state index is 13.5. The fourth-order valence-corrected chi connectivity index (χ4v) is 2.85. The SMILES string of the molecule is CC(C=CC=C(C)C=CC1=C(C)CCCC1(C)C(F)(F)F)=CC=O. The molecular formula is C20H25F3O. The van der Waals surface area contributed by atoms with Crippen LogP contribution in [-0.2, 0) is 4.79 Å². The van der Waals surface area contributed by atoms with E-state index in [4.69, 9.17) is 0 Å². The zero-order valence-electron chi connectivity index (χ0n) is 14.7. The van der Waals surface area contributed by atoms with Gasteiger partial charge >= 0.3 is 6.18 Å². The zero-order valence-corrected chi connectivity index (χ0v) is 14.7. The normalized spacial score (nSPS) is 24.3. The third-order valence-corrected chi connectivity index (χ3v) is 4.47. The van der Waals surface area contributed by atoms with E-state index in [-0.39, 0.29) is 6.42 Å². The van der Waals surface area contributed by atoms with E-state index in [1.807, 2.05) is 13.0 Å². The van der Waals surface area contributed by atoms with Crippen LogP contribution in [0.5, 0.6) is 0 Å². The summed E-state index contributed by atoms with van der Waals surface area (Å²) in [6.45, 7) is 6.72. The van der Waals surface area contributed by atoms with E-state index in [9.17, 15) is 18.0 Å². The smallest absolute Gasteiger partial charge is 0.299 e. The van der Waals surface area contributed by atoms with Crippen molar-refractivity contribution in [3.63, 3.8) is 0 Å². The second-order valence-corrected chi connectivity index (χ2v) is 6.53. The molecule has 1 atom stereocenters. The zero-order chi connectivity index (χ0) is 18.4. The first-order chi connectivity index (χ1) is 11.1. The molecule has 0 heterocycles. The molecule has 0 aromatic rings. The van der Waals surface area contributed by atoms with Gasteiger partial charge in [0.2, 0.25) is 0 Å². The van der Waals surface area contributed by atoms with Gasteiger partial charge in [-0.2, -0.15) is 13.2 Å². The van der Waals surface area contributed by atoms with Crippen molar-refractivity contribution in [3.05, 3.63) is 58.7 Å². The highest BCUT2D eigenvalue weighted by molar-refractivity contribution is 5.66. The van der Waals surface area contributed by atoms with Crippen molar-refractivity contribution in [3.8, 4) is 0 Å². The molecule has 0 aliphatic heterocycles. The predicted octanol–water partition coefficient (Wildman–Crippen LogP) is 6.26. The second kappa shape index (κ2) is 8.32. The fourth-order valence-electron chi connectivity index (χ4n) is 2.85. The lowest BCUT2D eigenvalue weighted by Gasteiger charge is -2.38. The van der Waals surface area contributed by atoms with Crippen molar-refractivity contribution in [1.82, 2.24) is 0 Å². The van der Waals surface area contributed by atoms with Gasteiger partial charge in [0.25, 0.3) is 0 Å². The predicted molar refractivity (Wildman–Crippen MR) is 92.6 cm³/mol. The molecule has 0 spiro atoms. The van der Waals surface area contributed by atoms with Crippen molar-refractivity contribution in [2.45, 2.75) is 53.1 Å². The number of halogens is 3. The Balaban J connectivity index is 3.01. The summed E-state index contributed by atoms with van der Waals surface area (Å²) in [7, 11) is 0. The molecule has 0 saturated heterocycles. The summed E-state index contributed by atoms with van der Waals surface area (Å²) >= 11 is 0. The van der Waals surface area contributed by atoms with Crippen LogP contribution in [0.15, 0.2) is 58.7 Å². The van der Waals surface area contributed by atoms with E-state index in [0.717, 1.165) is 16.7 Å². The summed E-state index contributed by atoms with van der Waals surface area (Å²) in [6.07, 6.45) is 8.01. The molecule has 1 unspecified atom stereocenters. The molecule has 0 bridgehead atoms. The molecule has 24 heavy (non-hydrogen) atoms. The Hall–Kier alpha value is -1.84. The Bertz CT molecular complexity index is 615. The van der Waals surface area contributed by atoms with Gasteiger partial charge in [-0.3, -0.25) is 4.79 Å². The van der Waals surface area contributed by atoms with Gasteiger partial charge in [0, 0.05) is 0 Å². The first kappa shape index (κ1) is 20.2. The number of hydrogen-bond donors (Lipinski definition) is 0. The summed E-state index contributed by atoms with van der Waals surface area (Å²) in [4.78, 5) is 10.3. The quantitative estimate of drug-likeness (QED) is 0.328. The van der Waals surface area contributed by atoms with Crippen LogP contribution in [0.4, 0.5) is 13.2 Å². The monoisotopic (exact) mass is 338 g/mol. The molecule has 0 amide bonds. The number of aldehydes is 1. The van der Waals surface area contributed by atoms with Crippen molar-refractivity contribution < 1.29 is 18.0 Å². The minimum absolute atomic E-state index is 0.131. The number of allylic oxidation sites excluding steroid dienone is 10. The highest BCUT2D eigenvalue weighted by Gasteiger charge is 2.53. The Labute approximate surface area is 142 Å². The molecule has 0 aromatic carbocycles. The van der Waals surface area contributed by atoms with E-state index >= 15 is 0 Å². The van der Waals surface area contributed by atoms with Gasteiger partial charge < -0.3 is 0 Å². The van der Waals surface area contributed by atoms with Crippen LogP contribution in [0, 0.1) is 5.41 Å².